The van der Waals surface area contributed by atoms with Crippen molar-refractivity contribution < 1.29 is 96.8 Å². The summed E-state index contributed by atoms with van der Waals surface area (Å²) >= 11 is 0. The molecular weight excluding hydrogens is 1800 g/mol. The fourth-order valence-corrected chi connectivity index (χ4v) is 21.3. The Morgan fingerprint density at radius 3 is 0.921 bits per heavy atom. The predicted octanol–water partition coefficient (Wildman–Crippen LogP) is -2.79. The summed E-state index contributed by atoms with van der Waals surface area (Å²) < 4.78 is 6.00. The lowest BCUT2D eigenvalue weighted by molar-refractivity contribution is -0.150. The fraction of sp³-hybridized carbons (Fsp3) is 0.587. The number of ether oxygens (including phenoxy) is 1. The number of carboxylic acid groups (broad SMARTS) is 1. The lowest BCUT2D eigenvalue weighted by Gasteiger charge is -2.35. The fourth-order valence-electron chi connectivity index (χ4n) is 21.3. The summed E-state index contributed by atoms with van der Waals surface area (Å²) in [5.74, 6) is -12.9. The number of rotatable bonds is 38. The first-order valence-electron chi connectivity index (χ1n) is 48.1. The van der Waals surface area contributed by atoms with E-state index in [9.17, 15) is 58.5 Å². The molecule has 47 heteroatoms. The predicted molar refractivity (Wildman–Crippen MR) is 499 cm³/mol. The molecule has 0 unspecified atom stereocenters. The topological polar surface area (TPSA) is 706 Å². The minimum Gasteiger partial charge on any atom is -0.508 e. The van der Waals surface area contributed by atoms with Crippen molar-refractivity contribution in [2.45, 2.75) is 251 Å². The van der Waals surface area contributed by atoms with Crippen molar-refractivity contribution in [2.75, 3.05) is 91.6 Å². The number of aromatic carboxylic acids is 1. The Balaban J connectivity index is 0.639. The number of hydrogen-bond acceptors (Lipinski definition) is 23. The number of benzene rings is 3. The first kappa shape index (κ1) is 102. The number of phenols is 2. The van der Waals surface area contributed by atoms with E-state index in [0.29, 0.717) is 81.8 Å². The molecular formula is C92H129N27O20. The van der Waals surface area contributed by atoms with Gasteiger partial charge in [-0.3, -0.25) is 93.6 Å². The van der Waals surface area contributed by atoms with Crippen molar-refractivity contribution in [1.82, 2.24) is 92.0 Å². The smallest absolute Gasteiger partial charge is 0.336 e. The molecule has 10 heterocycles. The molecule has 13 atom stereocenters. The number of guanidine groups is 4. The molecule has 0 radical (unpaired) electrons. The van der Waals surface area contributed by atoms with Crippen LogP contribution in [0.2, 0.25) is 0 Å². The van der Waals surface area contributed by atoms with E-state index in [1.54, 1.807) is 12.1 Å². The van der Waals surface area contributed by atoms with Crippen molar-refractivity contribution >= 4 is 118 Å². The van der Waals surface area contributed by atoms with Crippen LogP contribution in [0.5, 0.6) is 23.0 Å². The number of carboxylic acids is 1. The molecule has 47 nitrogen and oxygen atoms in total. The third-order valence-corrected chi connectivity index (χ3v) is 28.0. The Hall–Kier alpha value is -14.3. The van der Waals surface area contributed by atoms with E-state index in [4.69, 9.17) is 55.0 Å². The average molecular weight is 1930 g/mol. The summed E-state index contributed by atoms with van der Waals surface area (Å²) in [6.45, 7) is 0.891. The second kappa shape index (κ2) is 46.2. The van der Waals surface area contributed by atoms with E-state index < -0.39 is 186 Å². The molecule has 0 spiro atoms. The molecule has 9 fully saturated rings. The Labute approximate surface area is 802 Å². The van der Waals surface area contributed by atoms with E-state index in [0.717, 1.165) is 6.07 Å². The first-order valence-corrected chi connectivity index (χ1v) is 48.1. The van der Waals surface area contributed by atoms with Crippen molar-refractivity contribution in [2.24, 2.45) is 28.7 Å². The number of primary amides is 1. The second-order valence-corrected chi connectivity index (χ2v) is 37.1. The van der Waals surface area contributed by atoms with Gasteiger partial charge in [0.25, 0.3) is 5.91 Å². The zero-order chi connectivity index (χ0) is 99.7. The maximum atomic E-state index is 15.3. The Bertz CT molecular complexity index is 5180. The molecule has 0 bridgehead atoms. The van der Waals surface area contributed by atoms with Crippen LogP contribution in [0.25, 0.3) is 0 Å². The van der Waals surface area contributed by atoms with E-state index in [2.05, 4.69) is 47.9 Å². The highest BCUT2D eigenvalue weighted by Crippen LogP contribution is 2.50. The highest BCUT2D eigenvalue weighted by Gasteiger charge is 2.52. The number of likely N-dealkylation sites (tertiary alicyclic amines) is 9. The van der Waals surface area contributed by atoms with Crippen LogP contribution >= 0.6 is 0 Å². The number of phenolic OH excluding ortho intramolecular Hbond substituents is 2. The standard InChI is InChI=1S/C92H129N27O20/c93-74(123)61-18-5-38-112(61)84(133)66-23-10-42-116(66)81(130)58(15-2-34-103-90(96)97)108-77(126)63-20-7-40-114(63)86(135)68-25-12-44-118(68)83(132)60(17-4-36-105-92(100)101)110-79(128)65-22-9-41-115(65)87(136)69-26-13-45-119(69)82(131)59(16-3-35-104-91(98)99)109-78(127)64-21-8-39-113(64)85(134)67-24-11-43-117(67)80(129)57(14-1-33-102-89(94)95)107-76(125)62-19-6-37-111(62)72(122)49-106-75(124)50-27-30-53(56(46-50)88(137)138)73-54-31-28-51(120)47-70(54)139-71-48-52(121)29-32-55(71)73/h27-32,46-48,57-69,73,120-121H,1-26,33-45,49H2,(H2,93,123)(H,106,124)(H,107,125)(H,108,126)(H,109,127)(H,110,128)(H,137,138)(H4,94,95,102)(H4,96,97,103)(H4,98,99,104)(H4,100,101,105)/t57-,58-,59-,60-,61-,62-,63-,64-,65-,66-,67-,68-,69-/m0/s1. The number of amides is 15. The number of nitrogens with one attached hydrogen (secondary N) is 13. The van der Waals surface area contributed by atoms with Gasteiger partial charge in [0, 0.05) is 120 Å². The van der Waals surface area contributed by atoms with Crippen molar-refractivity contribution in [3.8, 4) is 23.0 Å². The highest BCUT2D eigenvalue weighted by molar-refractivity contribution is 6.04. The van der Waals surface area contributed by atoms with Gasteiger partial charge in [-0.15, -0.1) is 0 Å². The normalized spacial score (nSPS) is 22.4. The van der Waals surface area contributed by atoms with Crippen LogP contribution in [-0.4, -0.2) is 348 Å². The van der Waals surface area contributed by atoms with E-state index in [-0.39, 0.29) is 245 Å². The van der Waals surface area contributed by atoms with Crippen LogP contribution in [0.4, 0.5) is 0 Å². The summed E-state index contributed by atoms with van der Waals surface area (Å²) in [6.07, 6.45) is 6.07. The van der Waals surface area contributed by atoms with Gasteiger partial charge in [0.05, 0.1) is 12.1 Å². The quantitative estimate of drug-likeness (QED) is 0.0122. The van der Waals surface area contributed by atoms with E-state index >= 15 is 33.6 Å². The lowest BCUT2D eigenvalue weighted by atomic mass is 9.80. The molecule has 9 saturated heterocycles. The van der Waals surface area contributed by atoms with Gasteiger partial charge in [-0.2, -0.15) is 0 Å². The number of hydrogen-bond donors (Lipinski definition) is 21. The average Bonchev–Trinajstić information content (AvgIpc) is 1.42. The minimum atomic E-state index is -1.39. The van der Waals surface area contributed by atoms with Gasteiger partial charge in [-0.1, -0.05) is 18.2 Å². The van der Waals surface area contributed by atoms with Gasteiger partial charge in [-0.05, 0) is 197 Å². The van der Waals surface area contributed by atoms with Crippen LogP contribution in [0.3, 0.4) is 0 Å². The van der Waals surface area contributed by atoms with Gasteiger partial charge in [0.15, 0.2) is 23.8 Å². The number of aromatic hydroxyl groups is 2. The SMILES string of the molecule is N=C(N)NCCC[C@H](NC(=O)[C@@H]1CCCN1C(=O)[C@@H]1CCCN1C(=O)[C@H](CCCNC(=N)N)NC(=O)[C@@H]1CCCN1C(=O)[C@@H]1CCCN1C(=O)[C@H](CCCNC(=N)N)NC(=O)[C@@H]1CCCN1C(=O)[C@@H]1CCCN1C(=O)[C@H](CCCNC(=N)N)NC(=O)[C@@H]1CCCN1C(=O)CNC(=O)c1ccc(C2c3ccc(O)cc3Oc3cc(O)ccc32)c(C(=O)O)c1)C(=O)N1CCC[C@H]1C(=O)N1CCC[C@H]1C(N)=O. The monoisotopic (exact) mass is 1930 g/mol. The third kappa shape index (κ3) is 24.1. The van der Waals surface area contributed by atoms with Gasteiger partial charge < -0.3 is 141 Å². The summed E-state index contributed by atoms with van der Waals surface area (Å²) in [6, 6.07) is -2.09. The summed E-state index contributed by atoms with van der Waals surface area (Å²) in [4.78, 5) is 245. The van der Waals surface area contributed by atoms with Crippen LogP contribution in [-0.2, 0) is 67.1 Å². The maximum absolute atomic E-state index is 15.3. The Morgan fingerprint density at radius 1 is 0.345 bits per heavy atom. The van der Waals surface area contributed by atoms with Crippen LogP contribution in [0, 0.1) is 21.6 Å². The molecule has 752 valence electrons. The van der Waals surface area contributed by atoms with Crippen molar-refractivity contribution in [3.05, 3.63) is 82.4 Å². The van der Waals surface area contributed by atoms with Crippen LogP contribution in [0.1, 0.15) is 210 Å². The molecule has 0 aliphatic carbocycles. The zero-order valence-electron chi connectivity index (χ0n) is 77.8. The number of carbonyl (C=O) groups excluding carboxylic acids is 15. The highest BCUT2D eigenvalue weighted by atomic mass is 16.5. The molecule has 0 saturated carbocycles. The Kier molecular flexibility index (Phi) is 33.9. The molecule has 13 rings (SSSR count). The molecule has 3 aromatic rings. The minimum absolute atomic E-state index is 0.0274. The largest absolute Gasteiger partial charge is 0.508 e. The third-order valence-electron chi connectivity index (χ3n) is 28.0. The molecule has 10 aliphatic rings. The molecule has 15 amide bonds. The molecule has 139 heavy (non-hydrogen) atoms. The summed E-state index contributed by atoms with van der Waals surface area (Å²) in [5.41, 5.74) is 29.0. The first-order chi connectivity index (χ1) is 66.6. The summed E-state index contributed by atoms with van der Waals surface area (Å²) in [5, 5.41) is 87.2. The van der Waals surface area contributed by atoms with E-state index in [1.165, 1.54) is 80.5 Å². The number of nitrogens with two attached hydrogens (primary N) is 5. The number of nitrogens with zero attached hydrogens (tertiary/aromatic N) is 9. The van der Waals surface area contributed by atoms with Crippen molar-refractivity contribution in [1.29, 1.82) is 21.6 Å². The maximum Gasteiger partial charge on any atom is 0.336 e. The zero-order valence-corrected chi connectivity index (χ0v) is 77.8. The van der Waals surface area contributed by atoms with Gasteiger partial charge in [0.2, 0.25) is 82.7 Å². The summed E-state index contributed by atoms with van der Waals surface area (Å²) in [7, 11) is 0. The number of fused-ring (bicyclic) bond motifs is 2. The number of carbonyl (C=O) groups is 16. The van der Waals surface area contributed by atoms with E-state index in [1.807, 2.05) is 0 Å². The molecule has 10 aliphatic heterocycles. The molecule has 3 aromatic carbocycles. The van der Waals surface area contributed by atoms with Crippen LogP contribution < -0.4 is 81.3 Å². The second-order valence-electron chi connectivity index (χ2n) is 37.1. The Morgan fingerprint density at radius 2 is 0.619 bits per heavy atom. The van der Waals surface area contributed by atoms with Gasteiger partial charge >= 0.3 is 5.97 Å². The lowest BCUT2D eigenvalue weighted by Crippen LogP contribution is -2.60. The molecule has 26 N–H and O–H groups in total. The van der Waals surface area contributed by atoms with Gasteiger partial charge in [0.1, 0.15) is 102 Å². The molecule has 0 aromatic heterocycles. The van der Waals surface area contributed by atoms with Gasteiger partial charge in [-0.25, -0.2) is 4.79 Å². The van der Waals surface area contributed by atoms with Crippen molar-refractivity contribution in [3.63, 3.8) is 0 Å². The van der Waals surface area contributed by atoms with Crippen LogP contribution in [0.15, 0.2) is 54.6 Å².